The van der Waals surface area contributed by atoms with Crippen LogP contribution in [0.15, 0.2) is 40.9 Å². The van der Waals surface area contributed by atoms with E-state index in [-0.39, 0.29) is 17.9 Å². The molecule has 0 fully saturated rings. The Morgan fingerprint density at radius 2 is 1.52 bits per heavy atom. The Balaban J connectivity index is 2.12. The predicted molar refractivity (Wildman–Crippen MR) is 90.5 cm³/mol. The topological polar surface area (TPSA) is 12.0 Å². The van der Waals surface area contributed by atoms with Crippen LogP contribution in [0.1, 0.15) is 37.1 Å². The number of rotatable bonds is 4. The minimum Gasteiger partial charge on any atom is -0.304 e. The van der Waals surface area contributed by atoms with Gasteiger partial charge in [0.25, 0.3) is 0 Å². The molecule has 0 aliphatic carbocycles. The van der Waals surface area contributed by atoms with Gasteiger partial charge in [0, 0.05) is 12.1 Å². The molecule has 0 aromatic heterocycles. The Labute approximate surface area is 142 Å². The summed E-state index contributed by atoms with van der Waals surface area (Å²) in [5.74, 6) is -0.261. The highest BCUT2D eigenvalue weighted by Crippen LogP contribution is 2.27. The Hall–Kier alpha value is -0.610. The fourth-order valence-electron chi connectivity index (χ4n) is 2.13. The van der Waals surface area contributed by atoms with E-state index in [1.165, 1.54) is 6.07 Å². The van der Waals surface area contributed by atoms with Crippen LogP contribution in [0.2, 0.25) is 10.0 Å². The van der Waals surface area contributed by atoms with Gasteiger partial charge >= 0.3 is 0 Å². The molecule has 0 spiro atoms. The summed E-state index contributed by atoms with van der Waals surface area (Å²) < 4.78 is 13.7. The molecule has 2 rings (SSSR count). The monoisotopic (exact) mass is 389 g/mol. The molecule has 0 amide bonds. The Morgan fingerprint density at radius 3 is 2.10 bits per heavy atom. The van der Waals surface area contributed by atoms with E-state index in [1.807, 2.05) is 19.1 Å². The van der Waals surface area contributed by atoms with Crippen LogP contribution < -0.4 is 5.32 Å². The van der Waals surface area contributed by atoms with Gasteiger partial charge in [0.15, 0.2) is 0 Å². The maximum atomic E-state index is 13.3. The average Bonchev–Trinajstić information content (AvgIpc) is 2.44. The molecule has 0 bridgehead atoms. The van der Waals surface area contributed by atoms with Crippen LogP contribution >= 0.6 is 39.1 Å². The summed E-state index contributed by atoms with van der Waals surface area (Å²) in [6.45, 7) is 4.09. The lowest BCUT2D eigenvalue weighted by atomic mass is 10.0. The molecule has 0 aliphatic rings. The van der Waals surface area contributed by atoms with Crippen LogP contribution in [0.5, 0.6) is 0 Å². The Morgan fingerprint density at radius 1 is 0.952 bits per heavy atom. The van der Waals surface area contributed by atoms with E-state index < -0.39 is 0 Å². The fraction of sp³-hybridized carbons (Fsp3) is 0.250. The molecule has 0 saturated heterocycles. The first kappa shape index (κ1) is 16.8. The highest BCUT2D eigenvalue weighted by atomic mass is 79.9. The average molecular weight is 391 g/mol. The van der Waals surface area contributed by atoms with E-state index in [0.29, 0.717) is 14.5 Å². The number of benzene rings is 2. The van der Waals surface area contributed by atoms with Gasteiger partial charge in [0.05, 0.1) is 14.5 Å². The van der Waals surface area contributed by atoms with Crippen LogP contribution in [0.4, 0.5) is 4.39 Å². The van der Waals surface area contributed by atoms with Crippen LogP contribution in [-0.2, 0) is 0 Å². The van der Waals surface area contributed by atoms with E-state index in [4.69, 9.17) is 23.2 Å². The third-order valence-corrected chi connectivity index (χ3v) is 4.73. The zero-order valence-corrected chi connectivity index (χ0v) is 14.7. The molecule has 1 N–H and O–H groups in total. The van der Waals surface area contributed by atoms with E-state index in [2.05, 4.69) is 28.2 Å². The molecule has 2 aromatic carbocycles. The highest BCUT2D eigenvalue weighted by molar-refractivity contribution is 9.10. The second kappa shape index (κ2) is 7.10. The quantitative estimate of drug-likeness (QED) is 0.645. The lowest BCUT2D eigenvalue weighted by Gasteiger charge is -2.21. The zero-order valence-electron chi connectivity index (χ0n) is 11.6. The molecule has 112 valence electrons. The fourth-order valence-corrected chi connectivity index (χ4v) is 2.83. The van der Waals surface area contributed by atoms with Crippen molar-refractivity contribution in [2.24, 2.45) is 0 Å². The van der Waals surface area contributed by atoms with Crippen molar-refractivity contribution in [3.8, 4) is 0 Å². The van der Waals surface area contributed by atoms with Crippen LogP contribution in [-0.4, -0.2) is 0 Å². The smallest absolute Gasteiger partial charge is 0.137 e. The predicted octanol–water partition coefficient (Wildman–Crippen LogP) is 6.31. The summed E-state index contributed by atoms with van der Waals surface area (Å²) >= 11 is 15.2. The lowest BCUT2D eigenvalue weighted by Crippen LogP contribution is -2.22. The maximum Gasteiger partial charge on any atom is 0.137 e. The van der Waals surface area contributed by atoms with Crippen molar-refractivity contribution < 1.29 is 4.39 Å². The summed E-state index contributed by atoms with van der Waals surface area (Å²) in [5.41, 5.74) is 2.06. The Kier molecular flexibility index (Phi) is 5.67. The van der Waals surface area contributed by atoms with Crippen molar-refractivity contribution in [2.45, 2.75) is 25.9 Å². The van der Waals surface area contributed by atoms with Gasteiger partial charge < -0.3 is 5.32 Å². The van der Waals surface area contributed by atoms with E-state index in [1.54, 1.807) is 18.2 Å². The Bertz CT molecular complexity index is 593. The molecular formula is C16H15BrCl2FN. The molecule has 0 radical (unpaired) electrons. The van der Waals surface area contributed by atoms with Crippen molar-refractivity contribution >= 4 is 39.1 Å². The molecule has 1 nitrogen and oxygen atoms in total. The van der Waals surface area contributed by atoms with Gasteiger partial charge in [-0.2, -0.15) is 0 Å². The minimum atomic E-state index is -0.261. The second-order valence-corrected chi connectivity index (χ2v) is 6.63. The first-order chi connectivity index (χ1) is 9.88. The number of halogens is 4. The highest BCUT2D eigenvalue weighted by Gasteiger charge is 2.13. The van der Waals surface area contributed by atoms with Gasteiger partial charge in [0.1, 0.15) is 5.82 Å². The summed E-state index contributed by atoms with van der Waals surface area (Å²) in [5, 5.41) is 4.55. The molecular weight excluding hydrogens is 376 g/mol. The standard InChI is InChI=1S/C16H15BrCl2FN/c1-9(11-4-6-16(20)13(17)7-11)21-10(2)12-3-5-14(18)15(19)8-12/h3-10,21H,1-2H3. The molecule has 2 aromatic rings. The minimum absolute atomic E-state index is 0.0753. The van der Waals surface area contributed by atoms with Crippen molar-refractivity contribution in [1.82, 2.24) is 5.32 Å². The van der Waals surface area contributed by atoms with Gasteiger partial charge in [-0.1, -0.05) is 35.3 Å². The van der Waals surface area contributed by atoms with Gasteiger partial charge in [-0.25, -0.2) is 4.39 Å². The third-order valence-electron chi connectivity index (χ3n) is 3.39. The molecule has 21 heavy (non-hydrogen) atoms. The number of hydrogen-bond donors (Lipinski definition) is 1. The number of hydrogen-bond acceptors (Lipinski definition) is 1. The maximum absolute atomic E-state index is 13.3. The third kappa shape index (κ3) is 4.19. The van der Waals surface area contributed by atoms with E-state index >= 15 is 0 Å². The normalized spacial score (nSPS) is 14.0. The van der Waals surface area contributed by atoms with Crippen molar-refractivity contribution in [3.63, 3.8) is 0 Å². The first-order valence-corrected chi connectivity index (χ1v) is 8.09. The van der Waals surface area contributed by atoms with Crippen molar-refractivity contribution in [1.29, 1.82) is 0 Å². The molecule has 2 atom stereocenters. The van der Waals surface area contributed by atoms with Crippen LogP contribution in [0.25, 0.3) is 0 Å². The van der Waals surface area contributed by atoms with Gasteiger partial charge in [0.2, 0.25) is 0 Å². The first-order valence-electron chi connectivity index (χ1n) is 6.54. The van der Waals surface area contributed by atoms with Gasteiger partial charge in [-0.15, -0.1) is 0 Å². The van der Waals surface area contributed by atoms with Crippen molar-refractivity contribution in [2.75, 3.05) is 0 Å². The van der Waals surface area contributed by atoms with Gasteiger partial charge in [-0.3, -0.25) is 0 Å². The summed E-state index contributed by atoms with van der Waals surface area (Å²) in [6, 6.07) is 10.8. The van der Waals surface area contributed by atoms with E-state index in [9.17, 15) is 4.39 Å². The van der Waals surface area contributed by atoms with Gasteiger partial charge in [-0.05, 0) is 65.2 Å². The summed E-state index contributed by atoms with van der Waals surface area (Å²) in [7, 11) is 0. The summed E-state index contributed by atoms with van der Waals surface area (Å²) in [4.78, 5) is 0. The lowest BCUT2D eigenvalue weighted by molar-refractivity contribution is 0.493. The summed E-state index contributed by atoms with van der Waals surface area (Å²) in [6.07, 6.45) is 0. The van der Waals surface area contributed by atoms with Crippen molar-refractivity contribution in [3.05, 3.63) is 67.9 Å². The molecule has 5 heteroatoms. The van der Waals surface area contributed by atoms with Crippen LogP contribution in [0, 0.1) is 5.82 Å². The SMILES string of the molecule is CC(NC(C)c1ccc(F)c(Br)c1)c1ccc(Cl)c(Cl)c1. The molecule has 0 aliphatic heterocycles. The zero-order chi connectivity index (χ0) is 15.6. The van der Waals surface area contributed by atoms with E-state index in [0.717, 1.165) is 11.1 Å². The molecule has 0 heterocycles. The van der Waals surface area contributed by atoms with Crippen LogP contribution in [0.3, 0.4) is 0 Å². The number of nitrogens with one attached hydrogen (secondary N) is 1. The molecule has 0 saturated carbocycles. The largest absolute Gasteiger partial charge is 0.304 e. The molecule has 2 unspecified atom stereocenters. The second-order valence-electron chi connectivity index (χ2n) is 4.96.